The minimum absolute atomic E-state index is 0.289. The van der Waals surface area contributed by atoms with Crippen molar-refractivity contribution in [2.24, 2.45) is 0 Å². The van der Waals surface area contributed by atoms with Gasteiger partial charge < -0.3 is 10.2 Å². The second-order valence-corrected chi connectivity index (χ2v) is 5.90. The molecule has 0 aliphatic carbocycles. The van der Waals surface area contributed by atoms with Crippen molar-refractivity contribution in [2.45, 2.75) is 96.5 Å². The molecular weight excluding hydrogens is 264 g/mol. The lowest BCUT2D eigenvalue weighted by Crippen LogP contribution is -2.01. The first-order valence-electron chi connectivity index (χ1n) is 8.73. The summed E-state index contributed by atoms with van der Waals surface area (Å²) in [7, 11) is 0. The van der Waals surface area contributed by atoms with Crippen LogP contribution in [0.5, 0.6) is 0 Å². The summed E-state index contributed by atoms with van der Waals surface area (Å²) in [5, 5.41) is 18.3. The van der Waals surface area contributed by atoms with Crippen molar-refractivity contribution < 1.29 is 15.0 Å². The molecule has 0 aliphatic rings. The summed E-state index contributed by atoms with van der Waals surface area (Å²) in [6.07, 6.45) is 17.3. The van der Waals surface area contributed by atoms with E-state index in [1.165, 1.54) is 25.7 Å². The van der Waals surface area contributed by atoms with Crippen molar-refractivity contribution in [1.29, 1.82) is 0 Å². The van der Waals surface area contributed by atoms with Crippen molar-refractivity contribution in [3.8, 4) is 0 Å². The highest BCUT2D eigenvalue weighted by molar-refractivity contribution is 5.66. The van der Waals surface area contributed by atoms with Crippen molar-refractivity contribution in [1.82, 2.24) is 0 Å². The summed E-state index contributed by atoms with van der Waals surface area (Å²) < 4.78 is 0. The van der Waals surface area contributed by atoms with E-state index in [4.69, 9.17) is 5.11 Å². The maximum Gasteiger partial charge on any atom is 0.303 e. The van der Waals surface area contributed by atoms with Gasteiger partial charge in [0.1, 0.15) is 0 Å². The molecule has 0 aliphatic heterocycles. The van der Waals surface area contributed by atoms with E-state index in [0.29, 0.717) is 6.42 Å². The Kier molecular flexibility index (Phi) is 14.9. The summed E-state index contributed by atoms with van der Waals surface area (Å²) in [6, 6.07) is 0. The predicted molar refractivity (Wildman–Crippen MR) is 88.5 cm³/mol. The number of hydrogen-bond donors (Lipinski definition) is 2. The number of carboxylic acid groups (broad SMARTS) is 1. The minimum atomic E-state index is -0.695. The molecule has 3 heteroatoms. The number of carboxylic acids is 1. The highest BCUT2D eigenvalue weighted by Gasteiger charge is 2.00. The van der Waals surface area contributed by atoms with Gasteiger partial charge in [-0.25, -0.2) is 0 Å². The van der Waals surface area contributed by atoms with E-state index < -0.39 is 5.97 Å². The second-order valence-electron chi connectivity index (χ2n) is 5.90. The SMILES string of the molecule is CCCCCC/C=C/C(O)CCCCCCCCC(=O)O. The molecule has 21 heavy (non-hydrogen) atoms. The Morgan fingerprint density at radius 3 is 2.24 bits per heavy atom. The van der Waals surface area contributed by atoms with Crippen LogP contribution in [0, 0.1) is 0 Å². The summed E-state index contributed by atoms with van der Waals surface area (Å²) >= 11 is 0. The van der Waals surface area contributed by atoms with E-state index in [9.17, 15) is 9.90 Å². The summed E-state index contributed by atoms with van der Waals surface area (Å²) in [5.74, 6) is -0.695. The fourth-order valence-electron chi connectivity index (χ4n) is 2.38. The lowest BCUT2D eigenvalue weighted by atomic mass is 10.1. The molecule has 1 unspecified atom stereocenters. The quantitative estimate of drug-likeness (QED) is 0.327. The van der Waals surface area contributed by atoms with Gasteiger partial charge in [-0.3, -0.25) is 4.79 Å². The molecule has 0 aromatic heterocycles. The lowest BCUT2D eigenvalue weighted by Gasteiger charge is -2.05. The zero-order valence-corrected chi connectivity index (χ0v) is 13.7. The average molecular weight is 298 g/mol. The number of hydrogen-bond acceptors (Lipinski definition) is 2. The molecule has 0 saturated heterocycles. The van der Waals surface area contributed by atoms with Gasteiger partial charge in [0.15, 0.2) is 0 Å². The van der Waals surface area contributed by atoms with Crippen LogP contribution in [0.15, 0.2) is 12.2 Å². The molecule has 0 amide bonds. The molecular formula is C18H34O3. The number of unbranched alkanes of at least 4 members (excludes halogenated alkanes) is 9. The third-order valence-electron chi connectivity index (χ3n) is 3.72. The van der Waals surface area contributed by atoms with Crippen LogP contribution in [0.25, 0.3) is 0 Å². The standard InChI is InChI=1S/C18H34O3/c1-2-3-4-5-8-11-14-17(19)15-12-9-6-7-10-13-16-18(20)21/h11,14,17,19H,2-10,12-13,15-16H2,1H3,(H,20,21)/b14-11+. The van der Waals surface area contributed by atoms with E-state index in [1.807, 2.05) is 6.08 Å². The Labute approximate surface area is 130 Å². The van der Waals surface area contributed by atoms with Crippen molar-refractivity contribution in [3.05, 3.63) is 12.2 Å². The minimum Gasteiger partial charge on any atom is -0.481 e. The Hall–Kier alpha value is -0.830. The summed E-state index contributed by atoms with van der Waals surface area (Å²) in [6.45, 7) is 2.21. The van der Waals surface area contributed by atoms with Gasteiger partial charge in [0.2, 0.25) is 0 Å². The van der Waals surface area contributed by atoms with E-state index in [2.05, 4.69) is 13.0 Å². The van der Waals surface area contributed by atoms with Crippen LogP contribution < -0.4 is 0 Å². The molecule has 0 saturated carbocycles. The number of aliphatic hydroxyl groups excluding tert-OH is 1. The third kappa shape index (κ3) is 17.1. The van der Waals surface area contributed by atoms with Crippen LogP contribution >= 0.6 is 0 Å². The first-order valence-corrected chi connectivity index (χ1v) is 8.73. The van der Waals surface area contributed by atoms with E-state index in [-0.39, 0.29) is 6.10 Å². The highest BCUT2D eigenvalue weighted by Crippen LogP contribution is 2.11. The zero-order valence-electron chi connectivity index (χ0n) is 13.7. The van der Waals surface area contributed by atoms with Gasteiger partial charge in [-0.05, 0) is 25.7 Å². The van der Waals surface area contributed by atoms with Gasteiger partial charge in [0.05, 0.1) is 6.10 Å². The lowest BCUT2D eigenvalue weighted by molar-refractivity contribution is -0.137. The first-order chi connectivity index (χ1) is 10.2. The fraction of sp³-hybridized carbons (Fsp3) is 0.833. The van der Waals surface area contributed by atoms with Gasteiger partial charge in [-0.15, -0.1) is 0 Å². The molecule has 0 rings (SSSR count). The van der Waals surface area contributed by atoms with E-state index >= 15 is 0 Å². The zero-order chi connectivity index (χ0) is 15.8. The Morgan fingerprint density at radius 2 is 1.57 bits per heavy atom. The van der Waals surface area contributed by atoms with Crippen LogP contribution in [0.2, 0.25) is 0 Å². The predicted octanol–water partition coefficient (Wildman–Crippen LogP) is 5.08. The van der Waals surface area contributed by atoms with Crippen LogP contribution in [0.4, 0.5) is 0 Å². The van der Waals surface area contributed by atoms with Gasteiger partial charge >= 0.3 is 5.97 Å². The molecule has 3 nitrogen and oxygen atoms in total. The van der Waals surface area contributed by atoms with Crippen molar-refractivity contribution >= 4 is 5.97 Å². The number of rotatable bonds is 15. The maximum absolute atomic E-state index is 10.3. The Bertz CT molecular complexity index is 261. The average Bonchev–Trinajstić information content (AvgIpc) is 2.45. The molecule has 124 valence electrons. The van der Waals surface area contributed by atoms with Crippen LogP contribution in [-0.4, -0.2) is 22.3 Å². The molecule has 0 aromatic carbocycles. The fourth-order valence-corrected chi connectivity index (χ4v) is 2.38. The van der Waals surface area contributed by atoms with Crippen LogP contribution in [0.3, 0.4) is 0 Å². The van der Waals surface area contributed by atoms with E-state index in [1.54, 1.807) is 0 Å². The number of aliphatic hydroxyl groups is 1. The number of allylic oxidation sites excluding steroid dienone is 1. The molecule has 2 N–H and O–H groups in total. The topological polar surface area (TPSA) is 57.5 Å². The van der Waals surface area contributed by atoms with Crippen molar-refractivity contribution in [2.75, 3.05) is 0 Å². The van der Waals surface area contributed by atoms with E-state index in [0.717, 1.165) is 51.4 Å². The van der Waals surface area contributed by atoms with Gasteiger partial charge in [0.25, 0.3) is 0 Å². The molecule has 0 heterocycles. The maximum atomic E-state index is 10.3. The smallest absolute Gasteiger partial charge is 0.303 e. The molecule has 0 radical (unpaired) electrons. The number of carbonyl (C=O) groups is 1. The van der Waals surface area contributed by atoms with Crippen LogP contribution in [-0.2, 0) is 4.79 Å². The van der Waals surface area contributed by atoms with Crippen molar-refractivity contribution in [3.63, 3.8) is 0 Å². The summed E-state index contributed by atoms with van der Waals surface area (Å²) in [5.41, 5.74) is 0. The van der Waals surface area contributed by atoms with Gasteiger partial charge in [-0.2, -0.15) is 0 Å². The van der Waals surface area contributed by atoms with Crippen LogP contribution in [0.1, 0.15) is 90.4 Å². The molecule has 1 atom stereocenters. The molecule has 0 aromatic rings. The number of aliphatic carboxylic acids is 1. The molecule has 0 bridgehead atoms. The monoisotopic (exact) mass is 298 g/mol. The molecule has 0 spiro atoms. The largest absolute Gasteiger partial charge is 0.481 e. The third-order valence-corrected chi connectivity index (χ3v) is 3.72. The summed E-state index contributed by atoms with van der Waals surface area (Å²) in [4.78, 5) is 10.3. The Balaban J connectivity index is 3.27. The first kappa shape index (κ1) is 20.2. The molecule has 0 fully saturated rings. The Morgan fingerprint density at radius 1 is 0.952 bits per heavy atom. The second kappa shape index (κ2) is 15.6. The normalized spacial score (nSPS) is 12.9. The van der Waals surface area contributed by atoms with Gasteiger partial charge in [-0.1, -0.05) is 70.4 Å². The van der Waals surface area contributed by atoms with Gasteiger partial charge in [0, 0.05) is 6.42 Å². The highest BCUT2D eigenvalue weighted by atomic mass is 16.4.